The first kappa shape index (κ1) is 15.7. The van der Waals surface area contributed by atoms with Crippen molar-refractivity contribution in [1.82, 2.24) is 4.90 Å². The van der Waals surface area contributed by atoms with Crippen LogP contribution in [0.25, 0.3) is 0 Å². The van der Waals surface area contributed by atoms with E-state index in [0.29, 0.717) is 16.7 Å². The minimum Gasteiger partial charge on any atom is -0.347 e. The number of hydrogen-bond donors (Lipinski definition) is 0. The molecule has 0 spiro atoms. The molecule has 1 amide bonds. The van der Waals surface area contributed by atoms with E-state index in [1.54, 1.807) is 20.8 Å². The fraction of sp³-hybridized carbons (Fsp3) is 0.321. The van der Waals surface area contributed by atoms with Gasteiger partial charge in [0.2, 0.25) is 5.91 Å². The Hall–Kier alpha value is -3.01. The molecule has 3 aromatic rings. The van der Waals surface area contributed by atoms with Crippen LogP contribution in [0.5, 0.6) is 0 Å². The van der Waals surface area contributed by atoms with E-state index < -0.39 is 53.2 Å². The highest BCUT2D eigenvalue weighted by molar-refractivity contribution is 5.97. The Labute approximate surface area is 199 Å². The second kappa shape index (κ2) is 8.50. The Morgan fingerprint density at radius 3 is 1.91 bits per heavy atom. The molecule has 0 aliphatic carbocycles. The summed E-state index contributed by atoms with van der Waals surface area (Å²) in [6.45, 7) is 9.08. The van der Waals surface area contributed by atoms with Crippen LogP contribution < -0.4 is 0 Å². The largest absolute Gasteiger partial charge is 0.347 e. The molecule has 0 saturated carbocycles. The smallest absolute Gasteiger partial charge is 0.241 e. The molecule has 168 valence electrons. The van der Waals surface area contributed by atoms with Crippen LogP contribution in [-0.2, 0) is 10.2 Å². The van der Waals surface area contributed by atoms with Gasteiger partial charge in [-0.15, -0.1) is 0 Å². The van der Waals surface area contributed by atoms with Gasteiger partial charge in [0.1, 0.15) is 17.0 Å². The van der Waals surface area contributed by atoms with Crippen LogP contribution in [0.15, 0.2) is 42.3 Å². The summed E-state index contributed by atoms with van der Waals surface area (Å²) in [6.07, 6.45) is 0. The van der Waals surface area contributed by atoms with Gasteiger partial charge in [0.15, 0.2) is 0 Å². The zero-order valence-corrected chi connectivity index (χ0v) is 19.6. The first-order chi connectivity index (χ1) is 17.9. The van der Waals surface area contributed by atoms with Crippen molar-refractivity contribution in [2.24, 2.45) is 0 Å². The average Bonchev–Trinajstić information content (AvgIpc) is 2.89. The van der Waals surface area contributed by atoms with E-state index in [0.717, 1.165) is 4.90 Å². The quantitative estimate of drug-likeness (QED) is 0.438. The van der Waals surface area contributed by atoms with Crippen LogP contribution in [0.4, 0.5) is 8.78 Å². The number of carbonyl (C=O) groups excluding carboxylic acids is 1. The lowest BCUT2D eigenvalue weighted by atomic mass is 9.65. The number of amides is 1. The highest BCUT2D eigenvalue weighted by atomic mass is 19.1. The van der Waals surface area contributed by atoms with E-state index >= 15 is 4.39 Å². The third-order valence-electron chi connectivity index (χ3n) is 6.14. The van der Waals surface area contributed by atoms with Crippen LogP contribution in [0.3, 0.4) is 0 Å². The number of carbonyl (C=O) groups is 1. The van der Waals surface area contributed by atoms with Gasteiger partial charge in [0.05, 0.1) is 9.60 Å². The molecule has 2 nitrogen and oxygen atoms in total. The highest BCUT2D eigenvalue weighted by Crippen LogP contribution is 2.45. The molecule has 0 heterocycles. The minimum atomic E-state index is -2.43. The Balaban J connectivity index is 2.97. The molecule has 0 radical (unpaired) electrons. The maximum Gasteiger partial charge on any atom is 0.241 e. The Morgan fingerprint density at radius 2 is 1.34 bits per heavy atom. The van der Waals surface area contributed by atoms with Crippen molar-refractivity contribution in [1.29, 1.82) is 0 Å². The van der Waals surface area contributed by atoms with Gasteiger partial charge in [0, 0.05) is 14.1 Å². The van der Waals surface area contributed by atoms with Gasteiger partial charge in [-0.2, -0.15) is 0 Å². The molecule has 0 aliphatic rings. The Kier molecular flexibility index (Phi) is 4.18. The number of nitrogens with zero attached hydrogens (tertiary/aromatic N) is 1. The van der Waals surface area contributed by atoms with Crippen molar-refractivity contribution in [2.75, 3.05) is 14.1 Å². The predicted molar refractivity (Wildman–Crippen MR) is 126 cm³/mol. The second-order valence-corrected chi connectivity index (χ2v) is 8.33. The van der Waals surface area contributed by atoms with Crippen molar-refractivity contribution in [3.05, 3.63) is 104 Å². The van der Waals surface area contributed by atoms with Crippen LogP contribution in [0.1, 0.15) is 59.7 Å². The zero-order chi connectivity index (χ0) is 30.0. The number of rotatable bonds is 4. The maximum atomic E-state index is 15.0. The van der Waals surface area contributed by atoms with E-state index in [1.165, 1.54) is 34.9 Å². The van der Waals surface area contributed by atoms with Crippen LogP contribution in [-0.4, -0.2) is 24.9 Å². The molecule has 4 heteroatoms. The SMILES string of the molecule is [2H]c1c([2H])c(C(C(=O)N(C)C)(c2c([2H])c(C)c(C)c(C)c2[2H])c2c([2H])c([2H])c(F)c(C)c2C)c(C)c([2H])c1F. The monoisotopic (exact) mass is 442 g/mol. The number of hydrogen-bond acceptors (Lipinski definition) is 1. The zero-order valence-electron chi connectivity index (χ0n) is 26.6. The summed E-state index contributed by atoms with van der Waals surface area (Å²) in [5, 5.41) is 0. The third-order valence-corrected chi connectivity index (χ3v) is 6.14. The molecule has 0 fully saturated rings. The second-order valence-electron chi connectivity index (χ2n) is 8.33. The molecule has 1 unspecified atom stereocenters. The molecule has 0 aliphatic heterocycles. The molecule has 0 aromatic heterocycles. The van der Waals surface area contributed by atoms with Crippen LogP contribution in [0, 0.1) is 53.2 Å². The summed E-state index contributed by atoms with van der Waals surface area (Å²) in [6, 6.07) is -4.54. The minimum absolute atomic E-state index is 0.0518. The first-order valence-corrected chi connectivity index (χ1v) is 10.2. The molecular weight excluding hydrogens is 404 g/mol. The van der Waals surface area contributed by atoms with Gasteiger partial charge < -0.3 is 4.90 Å². The maximum absolute atomic E-state index is 15.0. The number of benzene rings is 3. The van der Waals surface area contributed by atoms with E-state index in [-0.39, 0.29) is 45.5 Å². The van der Waals surface area contributed by atoms with Crippen molar-refractivity contribution >= 4 is 5.91 Å². The van der Waals surface area contributed by atoms with Crippen molar-refractivity contribution < 1.29 is 23.2 Å². The predicted octanol–water partition coefficient (Wildman–Crippen LogP) is 6.24. The average molecular weight is 443 g/mol. The summed E-state index contributed by atoms with van der Waals surface area (Å²) in [5.74, 6) is -3.11. The molecule has 3 rings (SSSR count). The van der Waals surface area contributed by atoms with E-state index in [1.807, 2.05) is 0 Å². The molecule has 32 heavy (non-hydrogen) atoms. The molecule has 0 N–H and O–H groups in total. The summed E-state index contributed by atoms with van der Waals surface area (Å²) in [5.41, 5.74) is -2.04. The van der Waals surface area contributed by atoms with Crippen molar-refractivity contribution in [3.63, 3.8) is 0 Å². The molecule has 1 atom stereocenters. The van der Waals surface area contributed by atoms with Crippen LogP contribution in [0.2, 0.25) is 0 Å². The topological polar surface area (TPSA) is 20.3 Å². The summed E-state index contributed by atoms with van der Waals surface area (Å²) in [7, 11) is 2.78. The Bertz CT molecular complexity index is 1310. The fourth-order valence-electron chi connectivity index (χ4n) is 3.97. The summed E-state index contributed by atoms with van der Waals surface area (Å²) >= 11 is 0. The number of halogens is 2. The standard InChI is InChI=1S/C28H31F2NO/c1-16-13-22(14-17(2)19(16)4)28(27(32)31(7)8,24-10-9-23(29)15-18(24)3)25-11-12-26(30)21(6)20(25)5/h9-15H,1-8H3/i9D,10D,11D,12D,13D,14D,15D. The highest BCUT2D eigenvalue weighted by Gasteiger charge is 2.47. The molecule has 0 bridgehead atoms. The Morgan fingerprint density at radius 1 is 0.781 bits per heavy atom. The van der Waals surface area contributed by atoms with E-state index in [2.05, 4.69) is 0 Å². The lowest BCUT2D eigenvalue weighted by molar-refractivity contribution is -0.132. The third kappa shape index (κ3) is 3.62. The summed E-state index contributed by atoms with van der Waals surface area (Å²) in [4.78, 5) is 15.7. The number of likely N-dealkylation sites (N-methyl/N-ethyl adjacent to an activating group) is 1. The molecule has 3 aromatic carbocycles. The molecule has 0 saturated heterocycles. The van der Waals surface area contributed by atoms with Crippen LogP contribution >= 0.6 is 0 Å². The van der Waals surface area contributed by atoms with Crippen molar-refractivity contribution in [3.8, 4) is 0 Å². The normalized spacial score (nSPS) is 16.1. The van der Waals surface area contributed by atoms with Gasteiger partial charge >= 0.3 is 0 Å². The first-order valence-electron chi connectivity index (χ1n) is 13.7. The van der Waals surface area contributed by atoms with Gasteiger partial charge in [-0.3, -0.25) is 4.79 Å². The van der Waals surface area contributed by atoms with Gasteiger partial charge in [0.25, 0.3) is 0 Å². The lowest BCUT2D eigenvalue weighted by Gasteiger charge is -2.39. The van der Waals surface area contributed by atoms with E-state index in [4.69, 9.17) is 9.60 Å². The van der Waals surface area contributed by atoms with Crippen molar-refractivity contribution in [2.45, 2.75) is 47.0 Å². The van der Waals surface area contributed by atoms with E-state index in [9.17, 15) is 9.18 Å². The fourth-order valence-corrected chi connectivity index (χ4v) is 3.97. The summed E-state index contributed by atoms with van der Waals surface area (Å²) < 4.78 is 91.0. The van der Waals surface area contributed by atoms with Gasteiger partial charge in [-0.05, 0) is 110 Å². The van der Waals surface area contributed by atoms with Gasteiger partial charge in [-0.1, -0.05) is 24.2 Å². The lowest BCUT2D eigenvalue weighted by Crippen LogP contribution is -2.47. The molecular formula is C28H31F2NO. The van der Waals surface area contributed by atoms with Gasteiger partial charge in [-0.25, -0.2) is 8.78 Å².